The van der Waals surface area contributed by atoms with Crippen molar-refractivity contribution in [2.24, 2.45) is 0 Å². The van der Waals surface area contributed by atoms with E-state index in [1.165, 1.54) is 56.7 Å². The number of hydrogen-bond acceptors (Lipinski definition) is 7. The molecule has 0 atom stereocenters. The molecular formula is C19H18FN5O4S2. The van der Waals surface area contributed by atoms with E-state index in [-0.39, 0.29) is 21.5 Å². The van der Waals surface area contributed by atoms with Gasteiger partial charge in [-0.2, -0.15) is 4.31 Å². The standard InChI is InChI=1S/C19H18FN5O4S2/c1-12(26)22-13-5-6-15(16(20)8-13)17-11-30-19(23-17)24-18(27)10-25(2)31(28,29)14-4-3-7-21-9-14/h3-9,11H,10H2,1-2H3,(H,22,26)(H,23,24,27). The largest absolute Gasteiger partial charge is 0.326 e. The molecule has 3 rings (SSSR count). The van der Waals surface area contributed by atoms with Gasteiger partial charge in [-0.1, -0.05) is 0 Å². The maximum absolute atomic E-state index is 14.4. The molecule has 0 unspecified atom stereocenters. The molecule has 31 heavy (non-hydrogen) atoms. The predicted octanol–water partition coefficient (Wildman–Crippen LogP) is 2.56. The molecule has 2 heterocycles. The number of carbonyl (C=O) groups is 2. The first-order valence-corrected chi connectivity index (χ1v) is 11.2. The number of anilines is 2. The van der Waals surface area contributed by atoms with Gasteiger partial charge in [-0.25, -0.2) is 17.8 Å². The lowest BCUT2D eigenvalue weighted by Crippen LogP contribution is -2.35. The van der Waals surface area contributed by atoms with Crippen LogP contribution in [0.15, 0.2) is 53.0 Å². The van der Waals surface area contributed by atoms with Gasteiger partial charge < -0.3 is 10.6 Å². The van der Waals surface area contributed by atoms with Crippen LogP contribution in [-0.2, 0) is 19.6 Å². The molecule has 1 aromatic carbocycles. The molecule has 0 radical (unpaired) electrons. The van der Waals surface area contributed by atoms with Gasteiger partial charge in [0.1, 0.15) is 10.7 Å². The van der Waals surface area contributed by atoms with E-state index >= 15 is 0 Å². The van der Waals surface area contributed by atoms with Crippen LogP contribution in [0.2, 0.25) is 0 Å². The van der Waals surface area contributed by atoms with Gasteiger partial charge in [-0.05, 0) is 30.3 Å². The Morgan fingerprint density at radius 3 is 2.65 bits per heavy atom. The average molecular weight is 464 g/mol. The van der Waals surface area contributed by atoms with Gasteiger partial charge in [0.25, 0.3) is 0 Å². The molecule has 9 nitrogen and oxygen atoms in total. The van der Waals surface area contributed by atoms with Crippen molar-refractivity contribution >= 4 is 44.0 Å². The third kappa shape index (κ3) is 5.48. The molecule has 0 aliphatic heterocycles. The average Bonchev–Trinajstić information content (AvgIpc) is 3.16. The van der Waals surface area contributed by atoms with Gasteiger partial charge in [-0.15, -0.1) is 11.3 Å². The van der Waals surface area contributed by atoms with Crippen molar-refractivity contribution in [1.82, 2.24) is 14.3 Å². The lowest BCUT2D eigenvalue weighted by atomic mass is 10.1. The Balaban J connectivity index is 1.67. The Hall–Kier alpha value is -3.22. The molecule has 0 bridgehead atoms. The summed E-state index contributed by atoms with van der Waals surface area (Å²) in [5, 5.41) is 6.75. The van der Waals surface area contributed by atoms with E-state index in [1.807, 2.05) is 0 Å². The third-order valence-corrected chi connectivity index (χ3v) is 6.57. The summed E-state index contributed by atoms with van der Waals surface area (Å²) < 4.78 is 40.2. The van der Waals surface area contributed by atoms with E-state index in [0.717, 1.165) is 15.6 Å². The Labute approximate surface area is 182 Å². The van der Waals surface area contributed by atoms with Crippen molar-refractivity contribution in [1.29, 1.82) is 0 Å². The number of likely N-dealkylation sites (N-methyl/N-ethyl adjacent to an activating group) is 1. The van der Waals surface area contributed by atoms with Crippen LogP contribution in [0.4, 0.5) is 15.2 Å². The third-order valence-electron chi connectivity index (χ3n) is 4.02. The molecule has 0 aliphatic carbocycles. The van der Waals surface area contributed by atoms with E-state index in [2.05, 4.69) is 20.6 Å². The summed E-state index contributed by atoms with van der Waals surface area (Å²) >= 11 is 1.07. The minimum atomic E-state index is -3.87. The van der Waals surface area contributed by atoms with Gasteiger partial charge in [0, 0.05) is 43.0 Å². The van der Waals surface area contributed by atoms with Crippen LogP contribution >= 0.6 is 11.3 Å². The monoisotopic (exact) mass is 463 g/mol. The van der Waals surface area contributed by atoms with E-state index < -0.39 is 28.3 Å². The first kappa shape index (κ1) is 22.5. The second kappa shape index (κ2) is 9.29. The van der Waals surface area contributed by atoms with Gasteiger partial charge in [0.2, 0.25) is 21.8 Å². The predicted molar refractivity (Wildman–Crippen MR) is 114 cm³/mol. The summed E-state index contributed by atoms with van der Waals surface area (Å²) in [7, 11) is -2.59. The van der Waals surface area contributed by atoms with Crippen molar-refractivity contribution in [3.63, 3.8) is 0 Å². The second-order valence-electron chi connectivity index (χ2n) is 6.41. The Bertz CT molecular complexity index is 1220. The van der Waals surface area contributed by atoms with E-state index in [9.17, 15) is 22.4 Å². The molecule has 0 aliphatic rings. The summed E-state index contributed by atoms with van der Waals surface area (Å²) in [4.78, 5) is 31.3. The maximum Gasteiger partial charge on any atom is 0.244 e. The molecule has 2 amide bonds. The van der Waals surface area contributed by atoms with Crippen molar-refractivity contribution in [2.75, 3.05) is 24.2 Å². The summed E-state index contributed by atoms with van der Waals surface area (Å²) in [6.07, 6.45) is 2.64. The highest BCUT2D eigenvalue weighted by atomic mass is 32.2. The van der Waals surface area contributed by atoms with Crippen LogP contribution in [0, 0.1) is 5.82 Å². The number of pyridine rings is 1. The first-order chi connectivity index (χ1) is 14.7. The fraction of sp³-hybridized carbons (Fsp3) is 0.158. The number of rotatable bonds is 7. The Morgan fingerprint density at radius 1 is 1.23 bits per heavy atom. The van der Waals surface area contributed by atoms with Crippen LogP contribution in [0.5, 0.6) is 0 Å². The number of amides is 2. The molecule has 0 saturated carbocycles. The SMILES string of the molecule is CC(=O)Nc1ccc(-c2csc(NC(=O)CN(C)S(=O)(=O)c3cccnc3)n2)c(F)c1. The van der Waals surface area contributed by atoms with Crippen molar-refractivity contribution in [3.05, 3.63) is 53.9 Å². The van der Waals surface area contributed by atoms with Gasteiger partial charge in [0.15, 0.2) is 5.13 Å². The fourth-order valence-electron chi connectivity index (χ4n) is 2.58. The second-order valence-corrected chi connectivity index (χ2v) is 9.31. The van der Waals surface area contributed by atoms with Gasteiger partial charge in [0.05, 0.1) is 12.2 Å². The highest BCUT2D eigenvalue weighted by Gasteiger charge is 2.23. The summed E-state index contributed by atoms with van der Waals surface area (Å²) in [5.74, 6) is -1.50. The number of thiazole rings is 1. The van der Waals surface area contributed by atoms with Crippen LogP contribution in [0.3, 0.4) is 0 Å². The summed E-state index contributed by atoms with van der Waals surface area (Å²) in [6, 6.07) is 7.05. The first-order valence-electron chi connectivity index (χ1n) is 8.86. The van der Waals surface area contributed by atoms with Crippen molar-refractivity contribution in [2.45, 2.75) is 11.8 Å². The van der Waals surface area contributed by atoms with Crippen LogP contribution in [-0.4, -0.2) is 48.1 Å². The number of benzene rings is 1. The highest BCUT2D eigenvalue weighted by molar-refractivity contribution is 7.89. The number of aromatic nitrogens is 2. The molecule has 0 saturated heterocycles. The minimum absolute atomic E-state index is 0.0278. The van der Waals surface area contributed by atoms with Crippen LogP contribution < -0.4 is 10.6 Å². The van der Waals surface area contributed by atoms with Crippen molar-refractivity contribution < 1.29 is 22.4 Å². The van der Waals surface area contributed by atoms with Gasteiger partial charge >= 0.3 is 0 Å². The molecule has 12 heteroatoms. The highest BCUT2D eigenvalue weighted by Crippen LogP contribution is 2.28. The van der Waals surface area contributed by atoms with E-state index in [1.54, 1.807) is 5.38 Å². The number of sulfonamides is 1. The number of carbonyl (C=O) groups excluding carboxylic acids is 2. The molecule has 2 aromatic heterocycles. The molecule has 2 N–H and O–H groups in total. The number of hydrogen-bond donors (Lipinski definition) is 2. The molecular weight excluding hydrogens is 445 g/mol. The molecule has 3 aromatic rings. The topological polar surface area (TPSA) is 121 Å². The quantitative estimate of drug-likeness (QED) is 0.555. The summed E-state index contributed by atoms with van der Waals surface area (Å²) in [6.45, 7) is 0.881. The number of nitrogens with one attached hydrogen (secondary N) is 2. The van der Waals surface area contributed by atoms with E-state index in [4.69, 9.17) is 0 Å². The fourth-order valence-corrected chi connectivity index (χ4v) is 4.40. The van der Waals surface area contributed by atoms with Crippen LogP contribution in [0.1, 0.15) is 6.92 Å². The van der Waals surface area contributed by atoms with E-state index in [0.29, 0.717) is 11.4 Å². The van der Waals surface area contributed by atoms with Crippen molar-refractivity contribution in [3.8, 4) is 11.3 Å². The Morgan fingerprint density at radius 2 is 2.00 bits per heavy atom. The zero-order chi connectivity index (χ0) is 22.6. The zero-order valence-electron chi connectivity index (χ0n) is 16.5. The lowest BCUT2D eigenvalue weighted by Gasteiger charge is -2.16. The smallest absolute Gasteiger partial charge is 0.244 e. The number of nitrogens with zero attached hydrogens (tertiary/aromatic N) is 3. The molecule has 0 spiro atoms. The number of halogens is 1. The normalized spacial score (nSPS) is 11.4. The zero-order valence-corrected chi connectivity index (χ0v) is 18.1. The van der Waals surface area contributed by atoms with Gasteiger partial charge in [-0.3, -0.25) is 14.6 Å². The minimum Gasteiger partial charge on any atom is -0.326 e. The maximum atomic E-state index is 14.4. The lowest BCUT2D eigenvalue weighted by molar-refractivity contribution is -0.116. The molecule has 0 fully saturated rings. The summed E-state index contributed by atoms with van der Waals surface area (Å²) in [5.41, 5.74) is 0.806. The molecule has 162 valence electrons. The van der Waals surface area contributed by atoms with Crippen LogP contribution in [0.25, 0.3) is 11.3 Å². The Kier molecular flexibility index (Phi) is 6.73.